The molecular weight excluding hydrogens is 171 g/mol. The lowest BCUT2D eigenvalue weighted by Gasteiger charge is -2.09. The van der Waals surface area contributed by atoms with Crippen LogP contribution in [0.3, 0.4) is 0 Å². The zero-order chi connectivity index (χ0) is 9.84. The Kier molecular flexibility index (Phi) is 3.01. The zero-order valence-electron chi connectivity index (χ0n) is 7.38. The van der Waals surface area contributed by atoms with E-state index in [4.69, 9.17) is 5.11 Å². The van der Waals surface area contributed by atoms with Crippen LogP contribution in [0.1, 0.15) is 19.8 Å². The number of allylic oxidation sites excluding steroid dienone is 5. The molecule has 1 N–H and O–H groups in total. The smallest absolute Gasteiger partial charge is 0.328 e. The average molecular weight is 182 g/mol. The molecule has 0 saturated carbocycles. The average Bonchev–Trinajstić information content (AvgIpc) is 2.07. The number of carboxylic acid groups (broad SMARTS) is 1. The zero-order valence-corrected chi connectivity index (χ0v) is 7.38. The van der Waals surface area contributed by atoms with Gasteiger partial charge in [-0.2, -0.15) is 0 Å². The summed E-state index contributed by atoms with van der Waals surface area (Å²) in [5, 5.41) is 8.34. The molecule has 0 atom stereocenters. The second-order valence-corrected chi connectivity index (χ2v) is 3.02. The molecule has 3 heteroatoms. The topological polar surface area (TPSA) is 37.3 Å². The summed E-state index contributed by atoms with van der Waals surface area (Å²) in [6.07, 6.45) is 5.23. The summed E-state index contributed by atoms with van der Waals surface area (Å²) >= 11 is 0. The van der Waals surface area contributed by atoms with Crippen LogP contribution in [-0.4, -0.2) is 11.1 Å². The monoisotopic (exact) mass is 182 g/mol. The standard InChI is InChI=1S/C10H11FO2/c1-7-2-3-8(6-9(7)11)4-5-10(12)13/h4-6H,2-3H2,1H3,(H,12,13)/b5-4+. The SMILES string of the molecule is CC1=C(F)C=C(/C=C/C(=O)O)CC1. The van der Waals surface area contributed by atoms with Gasteiger partial charge in [0.15, 0.2) is 0 Å². The summed E-state index contributed by atoms with van der Waals surface area (Å²) in [6.45, 7) is 1.74. The van der Waals surface area contributed by atoms with Gasteiger partial charge < -0.3 is 5.11 Å². The van der Waals surface area contributed by atoms with Crippen LogP contribution < -0.4 is 0 Å². The van der Waals surface area contributed by atoms with E-state index >= 15 is 0 Å². The molecule has 0 bridgehead atoms. The van der Waals surface area contributed by atoms with E-state index in [9.17, 15) is 9.18 Å². The molecule has 0 fully saturated rings. The van der Waals surface area contributed by atoms with Crippen LogP contribution in [0.2, 0.25) is 0 Å². The minimum Gasteiger partial charge on any atom is -0.478 e. The van der Waals surface area contributed by atoms with E-state index in [2.05, 4.69) is 0 Å². The number of carboxylic acids is 1. The maximum Gasteiger partial charge on any atom is 0.328 e. The van der Waals surface area contributed by atoms with Crippen molar-refractivity contribution in [1.29, 1.82) is 0 Å². The number of hydrogen-bond donors (Lipinski definition) is 1. The molecule has 0 radical (unpaired) electrons. The molecule has 70 valence electrons. The van der Waals surface area contributed by atoms with Crippen LogP contribution in [0.25, 0.3) is 0 Å². The van der Waals surface area contributed by atoms with E-state index < -0.39 is 5.97 Å². The molecule has 0 aromatic carbocycles. The van der Waals surface area contributed by atoms with Crippen molar-refractivity contribution in [1.82, 2.24) is 0 Å². The molecule has 0 aromatic rings. The first-order valence-corrected chi connectivity index (χ1v) is 4.06. The first kappa shape index (κ1) is 9.71. The number of halogens is 1. The van der Waals surface area contributed by atoms with Crippen molar-refractivity contribution in [3.05, 3.63) is 35.2 Å². The molecule has 2 nitrogen and oxygen atoms in total. The van der Waals surface area contributed by atoms with Crippen LogP contribution >= 0.6 is 0 Å². The first-order valence-electron chi connectivity index (χ1n) is 4.06. The van der Waals surface area contributed by atoms with Gasteiger partial charge >= 0.3 is 5.97 Å². The maximum atomic E-state index is 13.0. The predicted octanol–water partition coefficient (Wildman–Crippen LogP) is 2.59. The first-order chi connectivity index (χ1) is 6.09. The molecule has 0 spiro atoms. The van der Waals surface area contributed by atoms with Crippen LogP contribution in [0, 0.1) is 0 Å². The number of hydrogen-bond acceptors (Lipinski definition) is 1. The Balaban J connectivity index is 2.74. The Morgan fingerprint density at radius 1 is 1.62 bits per heavy atom. The van der Waals surface area contributed by atoms with Gasteiger partial charge in [0.05, 0.1) is 0 Å². The van der Waals surface area contributed by atoms with Crippen LogP contribution in [0.5, 0.6) is 0 Å². The van der Waals surface area contributed by atoms with Crippen molar-refractivity contribution in [2.75, 3.05) is 0 Å². The van der Waals surface area contributed by atoms with Gasteiger partial charge in [-0.15, -0.1) is 0 Å². The van der Waals surface area contributed by atoms with E-state index in [1.54, 1.807) is 6.92 Å². The van der Waals surface area contributed by atoms with Gasteiger partial charge in [0.25, 0.3) is 0 Å². The number of rotatable bonds is 2. The maximum absolute atomic E-state index is 13.0. The van der Waals surface area contributed by atoms with Crippen molar-refractivity contribution in [2.45, 2.75) is 19.8 Å². The van der Waals surface area contributed by atoms with Gasteiger partial charge in [-0.25, -0.2) is 9.18 Å². The Labute approximate surface area is 76.1 Å². The van der Waals surface area contributed by atoms with Crippen molar-refractivity contribution in [3.63, 3.8) is 0 Å². The normalized spacial score (nSPS) is 17.8. The molecule has 0 amide bonds. The summed E-state index contributed by atoms with van der Waals surface area (Å²) in [7, 11) is 0. The molecule has 1 aliphatic rings. The lowest BCUT2D eigenvalue weighted by atomic mass is 9.98. The van der Waals surface area contributed by atoms with E-state index in [0.717, 1.165) is 17.2 Å². The molecule has 0 unspecified atom stereocenters. The summed E-state index contributed by atoms with van der Waals surface area (Å²) in [5.74, 6) is -1.25. The Bertz CT molecular complexity index is 311. The Morgan fingerprint density at radius 3 is 2.85 bits per heavy atom. The van der Waals surface area contributed by atoms with Gasteiger partial charge in [-0.1, -0.05) is 6.08 Å². The molecule has 0 saturated heterocycles. The molecule has 0 aliphatic heterocycles. The number of aliphatic carboxylic acids is 1. The third-order valence-corrected chi connectivity index (χ3v) is 1.95. The minimum absolute atomic E-state index is 0.240. The van der Waals surface area contributed by atoms with Crippen molar-refractivity contribution in [2.24, 2.45) is 0 Å². The molecule has 0 aromatic heterocycles. The largest absolute Gasteiger partial charge is 0.478 e. The molecule has 0 heterocycles. The van der Waals surface area contributed by atoms with Gasteiger partial charge in [-0.3, -0.25) is 0 Å². The third kappa shape index (κ3) is 2.86. The van der Waals surface area contributed by atoms with Crippen LogP contribution in [-0.2, 0) is 4.79 Å². The van der Waals surface area contributed by atoms with E-state index in [1.807, 2.05) is 0 Å². The van der Waals surface area contributed by atoms with Gasteiger partial charge in [0, 0.05) is 6.08 Å². The van der Waals surface area contributed by atoms with E-state index in [-0.39, 0.29) is 5.83 Å². The van der Waals surface area contributed by atoms with Gasteiger partial charge in [-0.05, 0) is 37.0 Å². The summed E-state index contributed by atoms with van der Waals surface area (Å²) in [6, 6.07) is 0. The summed E-state index contributed by atoms with van der Waals surface area (Å²) < 4.78 is 13.0. The van der Waals surface area contributed by atoms with E-state index in [1.165, 1.54) is 12.2 Å². The van der Waals surface area contributed by atoms with Crippen LogP contribution in [0.4, 0.5) is 4.39 Å². The molecular formula is C10H11FO2. The Morgan fingerprint density at radius 2 is 2.31 bits per heavy atom. The van der Waals surface area contributed by atoms with Gasteiger partial charge in [0.1, 0.15) is 5.83 Å². The Hall–Kier alpha value is -1.38. The summed E-state index contributed by atoms with van der Waals surface area (Å²) in [4.78, 5) is 10.2. The van der Waals surface area contributed by atoms with Crippen LogP contribution in [0.15, 0.2) is 35.2 Å². The highest BCUT2D eigenvalue weighted by molar-refractivity contribution is 5.80. The quantitative estimate of drug-likeness (QED) is 0.666. The van der Waals surface area contributed by atoms with Crippen molar-refractivity contribution >= 4 is 5.97 Å². The second-order valence-electron chi connectivity index (χ2n) is 3.02. The fourth-order valence-corrected chi connectivity index (χ4v) is 1.12. The van der Waals surface area contributed by atoms with Crippen molar-refractivity contribution in [3.8, 4) is 0 Å². The van der Waals surface area contributed by atoms with E-state index in [0.29, 0.717) is 12.8 Å². The highest BCUT2D eigenvalue weighted by atomic mass is 19.1. The fraction of sp³-hybridized carbons (Fsp3) is 0.300. The fourth-order valence-electron chi connectivity index (χ4n) is 1.12. The highest BCUT2D eigenvalue weighted by Gasteiger charge is 2.07. The lowest BCUT2D eigenvalue weighted by molar-refractivity contribution is -0.131. The minimum atomic E-state index is -1.01. The predicted molar refractivity (Wildman–Crippen MR) is 47.9 cm³/mol. The third-order valence-electron chi connectivity index (χ3n) is 1.95. The van der Waals surface area contributed by atoms with Gasteiger partial charge in [0.2, 0.25) is 0 Å². The number of carbonyl (C=O) groups is 1. The summed E-state index contributed by atoms with van der Waals surface area (Å²) in [5.41, 5.74) is 1.46. The highest BCUT2D eigenvalue weighted by Crippen LogP contribution is 2.24. The second kappa shape index (κ2) is 4.03. The van der Waals surface area contributed by atoms with Crippen molar-refractivity contribution < 1.29 is 14.3 Å². The lowest BCUT2D eigenvalue weighted by Crippen LogP contribution is -1.93. The molecule has 13 heavy (non-hydrogen) atoms. The molecule has 1 rings (SSSR count). The molecule has 1 aliphatic carbocycles.